The molecule has 2 aliphatic rings. The summed E-state index contributed by atoms with van der Waals surface area (Å²) >= 11 is 0. The fourth-order valence-electron chi connectivity index (χ4n) is 7.73. The number of hydrogen-bond acceptors (Lipinski definition) is 8. The topological polar surface area (TPSA) is 170 Å². The summed E-state index contributed by atoms with van der Waals surface area (Å²) in [5.41, 5.74) is 10.4. The summed E-state index contributed by atoms with van der Waals surface area (Å²) in [7, 11) is 0. The van der Waals surface area contributed by atoms with Crippen LogP contribution in [0.2, 0.25) is 0 Å². The molecule has 0 unspecified atom stereocenters. The Hall–Kier alpha value is -5.35. The van der Waals surface area contributed by atoms with Crippen molar-refractivity contribution in [1.82, 2.24) is 44.8 Å². The van der Waals surface area contributed by atoms with Gasteiger partial charge in [-0.3, -0.25) is 9.97 Å². The summed E-state index contributed by atoms with van der Waals surface area (Å²) in [4.78, 5) is 48.3. The van der Waals surface area contributed by atoms with Crippen LogP contribution in [0.5, 0.6) is 0 Å². The molecule has 9 rings (SSSR count). The monoisotopic (exact) mass is 843 g/mol. The van der Waals surface area contributed by atoms with Crippen molar-refractivity contribution >= 4 is 28.4 Å². The van der Waals surface area contributed by atoms with Gasteiger partial charge in [0.05, 0.1) is 35.2 Å². The van der Waals surface area contributed by atoms with Gasteiger partial charge in [0.1, 0.15) is 17.6 Å². The maximum Gasteiger partial charge on any atom is 0.410 e. The van der Waals surface area contributed by atoms with Gasteiger partial charge in [-0.1, -0.05) is 62.4 Å². The Morgan fingerprint density at radius 2 is 1.25 bits per heavy atom. The zero-order valence-electron chi connectivity index (χ0n) is 31.2. The molecule has 4 N–H and O–H groups in total. The van der Waals surface area contributed by atoms with Crippen LogP contribution >= 0.6 is 0 Å². The Bertz CT molecular complexity index is 2310. The molecule has 12 nitrogen and oxygen atoms in total. The largest absolute Gasteiger partial charge is 0.445 e. The first-order chi connectivity index (χ1) is 26.7. The smallest absolute Gasteiger partial charge is 0.410 e. The molecule has 1 saturated heterocycles. The van der Waals surface area contributed by atoms with E-state index in [0.717, 1.165) is 94.2 Å². The molecule has 1 atom stereocenters. The van der Waals surface area contributed by atoms with Crippen LogP contribution in [0.15, 0.2) is 104 Å². The number of amides is 1. The Morgan fingerprint density at radius 3 is 1.86 bits per heavy atom. The number of rotatable bonds is 8. The van der Waals surface area contributed by atoms with Crippen molar-refractivity contribution in [2.75, 3.05) is 13.1 Å². The van der Waals surface area contributed by atoms with Gasteiger partial charge in [0.25, 0.3) is 0 Å². The number of pyridine rings is 2. The second-order valence-corrected chi connectivity index (χ2v) is 14.3. The third kappa shape index (κ3) is 9.90. The molecule has 0 radical (unpaired) electrons. The predicted octanol–water partition coefficient (Wildman–Crippen LogP) is 7.93. The number of ether oxygens (including phenoxy) is 1. The van der Waals surface area contributed by atoms with E-state index in [1.54, 1.807) is 6.20 Å². The summed E-state index contributed by atoms with van der Waals surface area (Å²) < 4.78 is 5.54. The van der Waals surface area contributed by atoms with Gasteiger partial charge in [0, 0.05) is 69.4 Å². The van der Waals surface area contributed by atoms with Crippen molar-refractivity contribution < 1.29 is 35.4 Å². The maximum atomic E-state index is 12.6. The summed E-state index contributed by atoms with van der Waals surface area (Å²) in [5.74, 6) is 1.09. The molecule has 1 amide bonds. The molecular weight excluding hydrogens is 797 g/mol. The number of carbonyl (C=O) groups is 1. The molecule has 7 heterocycles. The number of fused-ring (bicyclic) bond motifs is 2. The van der Waals surface area contributed by atoms with E-state index < -0.39 is 0 Å². The third-order valence-electron chi connectivity index (χ3n) is 10.5. The van der Waals surface area contributed by atoms with E-state index in [2.05, 4.69) is 36.0 Å². The number of hydrogen-bond donors (Lipinski definition) is 2. The molecule has 13 heteroatoms. The van der Waals surface area contributed by atoms with Crippen molar-refractivity contribution in [3.05, 3.63) is 121 Å². The quantitative estimate of drug-likeness (QED) is 0.145. The van der Waals surface area contributed by atoms with Gasteiger partial charge in [0.15, 0.2) is 11.3 Å². The van der Waals surface area contributed by atoms with Crippen LogP contribution in [0, 0.1) is 11.8 Å². The number of aromatic nitrogens is 8. The molecule has 1 aliphatic heterocycles. The van der Waals surface area contributed by atoms with E-state index in [-0.39, 0.29) is 32.0 Å². The van der Waals surface area contributed by atoms with Crippen LogP contribution in [0.1, 0.15) is 61.9 Å². The Kier molecular flexibility index (Phi) is 14.0. The standard InChI is InChI=1S/C25H25N5O2.C18H20N4.H2O.Pd/c31-25(32-17-18-6-2-1-3-7-18)30-13-5-8-19(16-30)14-22-20(9-4-11-26-22)23-15-28-24-21(29-23)10-12-27-24;1-2-5-13(6-3-1)11-16-14(7-4-9-19-16)17-12-21-18-15(22-17)8-10-20-18;;/h1-4,6-7,9-12,15,19H,5,8,13-14,16-17H2,(H,27,28);4,7-10,12-13H,1-3,5-6,11H2,(H,20,21);1H2;/t19-;;;/m1.../s1. The SMILES string of the molecule is O.O=C(OCc1ccccc1)N1CCC[C@H](Cc2ncccc2-c2cnc3[nH]ccc3n2)C1.[Pd].c1cnc(CC2CCCCC2)c(-c2cnc3[nH]ccc3n2)c1. The molecule has 0 spiro atoms. The average molecular weight is 844 g/mol. The van der Waals surface area contributed by atoms with Gasteiger partial charge < -0.3 is 25.1 Å². The first-order valence-corrected chi connectivity index (χ1v) is 19.1. The molecular formula is C43H47N9O3Pd. The van der Waals surface area contributed by atoms with Crippen LogP contribution in [0.4, 0.5) is 4.79 Å². The first-order valence-electron chi connectivity index (χ1n) is 19.1. The summed E-state index contributed by atoms with van der Waals surface area (Å²) in [6.45, 7) is 1.70. The van der Waals surface area contributed by atoms with Gasteiger partial charge in [-0.05, 0) is 79.5 Å². The molecule has 1 aliphatic carbocycles. The zero-order chi connectivity index (χ0) is 36.5. The number of carbonyl (C=O) groups excluding carboxylic acids is 1. The molecule has 292 valence electrons. The summed E-state index contributed by atoms with van der Waals surface area (Å²) in [6.07, 6.45) is 21.4. The number of H-pyrrole nitrogens is 2. The van der Waals surface area contributed by atoms with Crippen LogP contribution in [0.3, 0.4) is 0 Å². The van der Waals surface area contributed by atoms with Crippen molar-refractivity contribution in [2.45, 2.75) is 64.4 Å². The van der Waals surface area contributed by atoms with Crippen LogP contribution in [-0.4, -0.2) is 69.4 Å². The molecule has 56 heavy (non-hydrogen) atoms. The van der Waals surface area contributed by atoms with Crippen molar-refractivity contribution in [1.29, 1.82) is 0 Å². The number of likely N-dealkylation sites (tertiary alicyclic amines) is 1. The number of benzene rings is 1. The zero-order valence-corrected chi connectivity index (χ0v) is 32.8. The molecule has 1 aromatic carbocycles. The maximum absolute atomic E-state index is 12.6. The number of nitrogens with one attached hydrogen (secondary N) is 2. The average Bonchev–Trinajstić information content (AvgIpc) is 3.91. The fourth-order valence-corrected chi connectivity index (χ4v) is 7.73. The number of piperidine rings is 1. The van der Waals surface area contributed by atoms with E-state index in [9.17, 15) is 4.79 Å². The predicted molar refractivity (Wildman–Crippen MR) is 213 cm³/mol. The van der Waals surface area contributed by atoms with E-state index in [4.69, 9.17) is 14.7 Å². The Balaban J connectivity index is 0.000000195. The molecule has 0 bridgehead atoms. The number of aromatic amines is 2. The van der Waals surface area contributed by atoms with E-state index in [0.29, 0.717) is 19.1 Å². The van der Waals surface area contributed by atoms with Gasteiger partial charge >= 0.3 is 6.09 Å². The van der Waals surface area contributed by atoms with Crippen molar-refractivity contribution in [3.63, 3.8) is 0 Å². The van der Waals surface area contributed by atoms with E-state index >= 15 is 0 Å². The van der Waals surface area contributed by atoms with Crippen LogP contribution in [-0.2, 0) is 44.6 Å². The van der Waals surface area contributed by atoms with Gasteiger partial charge in [0.2, 0.25) is 0 Å². The molecule has 6 aromatic heterocycles. The minimum Gasteiger partial charge on any atom is -0.445 e. The molecule has 7 aromatic rings. The first kappa shape index (κ1) is 40.3. The number of nitrogens with zero attached hydrogens (tertiary/aromatic N) is 7. The summed E-state index contributed by atoms with van der Waals surface area (Å²) in [6, 6.07) is 21.7. The van der Waals surface area contributed by atoms with Gasteiger partial charge in [-0.15, -0.1) is 0 Å². The minimum absolute atomic E-state index is 0. The second kappa shape index (κ2) is 19.5. The van der Waals surface area contributed by atoms with Crippen LogP contribution < -0.4 is 0 Å². The normalized spacial score (nSPS) is 15.6. The van der Waals surface area contributed by atoms with E-state index in [1.807, 2.05) is 96.5 Å². The molecule has 1 saturated carbocycles. The second-order valence-electron chi connectivity index (χ2n) is 14.3. The van der Waals surface area contributed by atoms with Gasteiger partial charge in [-0.25, -0.2) is 24.7 Å². The Labute approximate surface area is 340 Å². The fraction of sp³-hybridized carbons (Fsp3) is 0.326. The van der Waals surface area contributed by atoms with Gasteiger partial charge in [-0.2, -0.15) is 0 Å². The Morgan fingerprint density at radius 1 is 0.679 bits per heavy atom. The minimum atomic E-state index is -0.247. The van der Waals surface area contributed by atoms with Crippen molar-refractivity contribution in [3.8, 4) is 22.5 Å². The summed E-state index contributed by atoms with van der Waals surface area (Å²) in [5, 5.41) is 0. The van der Waals surface area contributed by atoms with Crippen LogP contribution in [0.25, 0.3) is 44.8 Å². The van der Waals surface area contributed by atoms with E-state index in [1.165, 1.54) is 37.8 Å². The third-order valence-corrected chi connectivity index (χ3v) is 10.5. The molecule has 2 fully saturated rings. The van der Waals surface area contributed by atoms with Crippen molar-refractivity contribution in [2.24, 2.45) is 11.8 Å².